The number of aryl methyl sites for hydroxylation is 3. The van der Waals surface area contributed by atoms with E-state index in [0.717, 1.165) is 11.4 Å². The maximum atomic E-state index is 4.46. The first-order chi connectivity index (χ1) is 9.01. The fraction of sp³-hybridized carbons (Fsp3) is 0.429. The van der Waals surface area contributed by atoms with E-state index >= 15 is 0 Å². The van der Waals surface area contributed by atoms with Crippen LogP contribution in [0.4, 0.5) is 11.8 Å². The number of aromatic nitrogens is 2. The van der Waals surface area contributed by atoms with Crippen molar-refractivity contribution in [2.45, 2.75) is 33.7 Å². The minimum absolute atomic E-state index is 0.239. The molecule has 19 heavy (non-hydrogen) atoms. The molecule has 5 heteroatoms. The van der Waals surface area contributed by atoms with E-state index in [2.05, 4.69) is 47.4 Å². The third-order valence-corrected chi connectivity index (χ3v) is 4.08. The van der Waals surface area contributed by atoms with Crippen molar-refractivity contribution in [1.82, 2.24) is 9.97 Å². The molecule has 0 saturated carbocycles. The van der Waals surface area contributed by atoms with Crippen molar-refractivity contribution >= 4 is 23.1 Å². The molecule has 0 bridgehead atoms. The highest BCUT2D eigenvalue weighted by atomic mass is 32.1. The van der Waals surface area contributed by atoms with Crippen molar-refractivity contribution in [2.24, 2.45) is 0 Å². The lowest BCUT2D eigenvalue weighted by Crippen LogP contribution is -2.11. The number of anilines is 2. The van der Waals surface area contributed by atoms with E-state index in [9.17, 15) is 0 Å². The van der Waals surface area contributed by atoms with Crippen molar-refractivity contribution in [2.75, 3.05) is 17.7 Å². The fourth-order valence-electron chi connectivity index (χ4n) is 2.07. The van der Waals surface area contributed by atoms with Gasteiger partial charge in [-0.05, 0) is 39.3 Å². The Morgan fingerprint density at radius 3 is 2.58 bits per heavy atom. The largest absolute Gasteiger partial charge is 0.363 e. The van der Waals surface area contributed by atoms with Gasteiger partial charge < -0.3 is 10.6 Å². The molecule has 4 nitrogen and oxygen atoms in total. The highest BCUT2D eigenvalue weighted by Crippen LogP contribution is 2.28. The first-order valence-electron chi connectivity index (χ1n) is 6.36. The summed E-state index contributed by atoms with van der Waals surface area (Å²) < 4.78 is 0. The molecule has 0 aromatic carbocycles. The third kappa shape index (κ3) is 3.04. The lowest BCUT2D eigenvalue weighted by Gasteiger charge is -2.16. The van der Waals surface area contributed by atoms with Gasteiger partial charge in [-0.15, -0.1) is 11.3 Å². The van der Waals surface area contributed by atoms with Crippen molar-refractivity contribution in [3.8, 4) is 0 Å². The number of hydrogen-bond acceptors (Lipinski definition) is 5. The maximum Gasteiger partial charge on any atom is 0.224 e. The lowest BCUT2D eigenvalue weighted by atomic mass is 10.1. The predicted molar refractivity (Wildman–Crippen MR) is 82.1 cm³/mol. The van der Waals surface area contributed by atoms with E-state index in [1.807, 2.05) is 31.5 Å². The minimum Gasteiger partial charge on any atom is -0.363 e. The summed E-state index contributed by atoms with van der Waals surface area (Å²) in [5, 5.41) is 6.43. The molecule has 2 aromatic heterocycles. The lowest BCUT2D eigenvalue weighted by molar-refractivity contribution is 0.866. The SMILES string of the molecule is CNc1ncc(C)c(NC(C)c2cc(C)sc2C)n1. The highest BCUT2D eigenvalue weighted by molar-refractivity contribution is 7.12. The van der Waals surface area contributed by atoms with Crippen LogP contribution >= 0.6 is 11.3 Å². The second-order valence-electron chi connectivity index (χ2n) is 4.71. The van der Waals surface area contributed by atoms with Gasteiger partial charge in [-0.3, -0.25) is 0 Å². The van der Waals surface area contributed by atoms with Gasteiger partial charge in [-0.2, -0.15) is 4.98 Å². The molecule has 2 aromatic rings. The molecule has 0 aliphatic heterocycles. The van der Waals surface area contributed by atoms with Gasteiger partial charge in [0, 0.05) is 28.6 Å². The molecule has 0 amide bonds. The molecule has 2 N–H and O–H groups in total. The summed E-state index contributed by atoms with van der Waals surface area (Å²) in [5.41, 5.74) is 2.39. The summed E-state index contributed by atoms with van der Waals surface area (Å²) in [5.74, 6) is 1.52. The average molecular weight is 276 g/mol. The molecule has 0 fully saturated rings. The predicted octanol–water partition coefficient (Wildman–Crippen LogP) is 3.68. The monoisotopic (exact) mass is 276 g/mol. The van der Waals surface area contributed by atoms with Gasteiger partial charge >= 0.3 is 0 Å². The van der Waals surface area contributed by atoms with Crippen molar-refractivity contribution < 1.29 is 0 Å². The van der Waals surface area contributed by atoms with Gasteiger partial charge in [0.25, 0.3) is 0 Å². The molecule has 2 rings (SSSR count). The number of nitrogens with zero attached hydrogens (tertiary/aromatic N) is 2. The zero-order chi connectivity index (χ0) is 14.0. The van der Waals surface area contributed by atoms with E-state index in [1.54, 1.807) is 0 Å². The van der Waals surface area contributed by atoms with E-state index in [-0.39, 0.29) is 6.04 Å². The molecule has 102 valence electrons. The number of thiophene rings is 1. The molecule has 0 spiro atoms. The average Bonchev–Trinajstić information content (AvgIpc) is 2.71. The van der Waals surface area contributed by atoms with Crippen LogP contribution in [0.3, 0.4) is 0 Å². The molecule has 1 unspecified atom stereocenters. The van der Waals surface area contributed by atoms with Crippen molar-refractivity contribution in [1.29, 1.82) is 0 Å². The Hall–Kier alpha value is -1.62. The van der Waals surface area contributed by atoms with Crippen LogP contribution in [0, 0.1) is 20.8 Å². The standard InChI is InChI=1S/C14H20N4S/c1-8-7-16-14(15-5)18-13(8)17-10(3)12-6-9(2)19-11(12)4/h6-7,10H,1-5H3,(H2,15,16,17,18). The highest BCUT2D eigenvalue weighted by Gasteiger charge is 2.13. The third-order valence-electron chi connectivity index (χ3n) is 3.09. The minimum atomic E-state index is 0.239. The smallest absolute Gasteiger partial charge is 0.224 e. The number of rotatable bonds is 4. The van der Waals surface area contributed by atoms with Crippen LogP contribution in [-0.2, 0) is 0 Å². The number of hydrogen-bond donors (Lipinski definition) is 2. The van der Waals surface area contributed by atoms with Crippen LogP contribution in [0.1, 0.15) is 33.8 Å². The Bertz CT molecular complexity index is 577. The van der Waals surface area contributed by atoms with Crippen molar-refractivity contribution in [3.63, 3.8) is 0 Å². The second kappa shape index (κ2) is 5.57. The second-order valence-corrected chi connectivity index (χ2v) is 6.17. The van der Waals surface area contributed by atoms with Crippen LogP contribution < -0.4 is 10.6 Å². The first kappa shape index (κ1) is 13.8. The Morgan fingerprint density at radius 2 is 2.00 bits per heavy atom. The molecular weight excluding hydrogens is 256 g/mol. The Balaban J connectivity index is 2.23. The van der Waals surface area contributed by atoms with Crippen LogP contribution in [0.25, 0.3) is 0 Å². The van der Waals surface area contributed by atoms with Crippen molar-refractivity contribution in [3.05, 3.63) is 33.1 Å². The zero-order valence-electron chi connectivity index (χ0n) is 12.0. The first-order valence-corrected chi connectivity index (χ1v) is 7.17. The summed E-state index contributed by atoms with van der Waals surface area (Å²) in [7, 11) is 1.82. The maximum absolute atomic E-state index is 4.46. The van der Waals surface area contributed by atoms with Crippen LogP contribution in [0.15, 0.2) is 12.3 Å². The quantitative estimate of drug-likeness (QED) is 0.894. The Morgan fingerprint density at radius 1 is 1.26 bits per heavy atom. The number of nitrogens with one attached hydrogen (secondary N) is 2. The van der Waals surface area contributed by atoms with Crippen LogP contribution in [0.2, 0.25) is 0 Å². The normalized spacial score (nSPS) is 12.3. The van der Waals surface area contributed by atoms with Gasteiger partial charge in [-0.1, -0.05) is 0 Å². The topological polar surface area (TPSA) is 49.8 Å². The van der Waals surface area contributed by atoms with Gasteiger partial charge in [-0.25, -0.2) is 4.98 Å². The Labute approximate surface area is 118 Å². The van der Waals surface area contributed by atoms with Crippen LogP contribution in [0.5, 0.6) is 0 Å². The molecule has 0 aliphatic carbocycles. The van der Waals surface area contributed by atoms with E-state index in [4.69, 9.17) is 0 Å². The molecular formula is C14H20N4S. The van der Waals surface area contributed by atoms with Gasteiger partial charge in [0.2, 0.25) is 5.95 Å². The van der Waals surface area contributed by atoms with E-state index in [1.165, 1.54) is 15.3 Å². The molecule has 0 aliphatic rings. The van der Waals surface area contributed by atoms with E-state index in [0.29, 0.717) is 5.95 Å². The van der Waals surface area contributed by atoms with E-state index < -0.39 is 0 Å². The summed E-state index contributed by atoms with van der Waals surface area (Å²) >= 11 is 1.83. The molecule has 0 saturated heterocycles. The Kier molecular flexibility index (Phi) is 4.04. The van der Waals surface area contributed by atoms with Gasteiger partial charge in [0.05, 0.1) is 6.04 Å². The molecule has 1 atom stereocenters. The van der Waals surface area contributed by atoms with Gasteiger partial charge in [0.15, 0.2) is 0 Å². The zero-order valence-corrected chi connectivity index (χ0v) is 12.9. The summed E-state index contributed by atoms with van der Waals surface area (Å²) in [4.78, 5) is 11.4. The summed E-state index contributed by atoms with van der Waals surface area (Å²) in [6.45, 7) is 8.48. The van der Waals surface area contributed by atoms with Gasteiger partial charge in [0.1, 0.15) is 5.82 Å². The molecule has 0 radical (unpaired) electrons. The molecule has 2 heterocycles. The summed E-state index contributed by atoms with van der Waals surface area (Å²) in [6, 6.07) is 2.48. The summed E-state index contributed by atoms with van der Waals surface area (Å²) in [6.07, 6.45) is 1.83. The fourth-order valence-corrected chi connectivity index (χ4v) is 3.09. The van der Waals surface area contributed by atoms with Crippen LogP contribution in [-0.4, -0.2) is 17.0 Å².